The van der Waals surface area contributed by atoms with E-state index in [1.54, 1.807) is 0 Å². The molecule has 0 N–H and O–H groups in total. The van der Waals surface area contributed by atoms with Crippen LogP contribution in [0.3, 0.4) is 0 Å². The molecule has 0 unspecified atom stereocenters. The molecule has 2 rings (SSSR count). The van der Waals surface area contributed by atoms with Gasteiger partial charge in [0.15, 0.2) is 0 Å². The third kappa shape index (κ3) is 13.7. The van der Waals surface area contributed by atoms with Crippen molar-refractivity contribution in [2.24, 2.45) is 9.98 Å². The third-order valence-electron chi connectivity index (χ3n) is 6.77. The molecule has 208 valence electrons. The van der Waals surface area contributed by atoms with Gasteiger partial charge >= 0.3 is 0 Å². The summed E-state index contributed by atoms with van der Waals surface area (Å²) in [4.78, 5) is 10.1. The van der Waals surface area contributed by atoms with Crippen LogP contribution < -0.4 is 0 Å². The maximum atomic E-state index is 5.16. The van der Waals surface area contributed by atoms with E-state index in [1.165, 1.54) is 80.0 Å². The second-order valence-electron chi connectivity index (χ2n) is 10.4. The molecular weight excluding hydrogens is 543 g/mol. The van der Waals surface area contributed by atoms with E-state index in [-0.39, 0.29) is 20.4 Å². The topological polar surface area (TPSA) is 24.7 Å². The number of hydrogen-bond donors (Lipinski definition) is 0. The largest absolute Gasteiger partial charge is 0.255 e. The predicted molar refractivity (Wildman–Crippen MR) is 162 cm³/mol. The number of nitrogens with zero attached hydrogens (tertiary/aromatic N) is 2. The van der Waals surface area contributed by atoms with Gasteiger partial charge in [0.2, 0.25) is 0 Å². The number of aryl methyl sites for hydroxylation is 4. The van der Waals surface area contributed by atoms with Crippen LogP contribution in [0.5, 0.6) is 0 Å². The van der Waals surface area contributed by atoms with Crippen LogP contribution >= 0.6 is 0 Å². The molecule has 0 amide bonds. The zero-order valence-electron chi connectivity index (χ0n) is 24.4. The molecule has 0 spiro atoms. The minimum absolute atomic E-state index is 0. The summed E-state index contributed by atoms with van der Waals surface area (Å²) < 4.78 is 0. The van der Waals surface area contributed by atoms with E-state index in [0.717, 1.165) is 55.6 Å². The molecule has 0 aromatic heterocycles. The Balaban J connectivity index is 0.00000684. The predicted octanol–water partition coefficient (Wildman–Crippen LogP) is 10.7. The van der Waals surface area contributed by atoms with Crippen LogP contribution in [-0.2, 0) is 46.1 Å². The van der Waals surface area contributed by atoms with Gasteiger partial charge in [-0.25, -0.2) is 0 Å². The molecule has 0 fully saturated rings. The summed E-state index contributed by atoms with van der Waals surface area (Å²) in [6.07, 6.45) is 19.7. The molecule has 2 nitrogen and oxygen atoms in total. The van der Waals surface area contributed by atoms with Gasteiger partial charge in [-0.15, -0.1) is 0 Å². The van der Waals surface area contributed by atoms with E-state index in [0.29, 0.717) is 0 Å². The minimum atomic E-state index is 0. The fourth-order valence-corrected chi connectivity index (χ4v) is 4.55. The summed E-state index contributed by atoms with van der Waals surface area (Å²) in [6, 6.07) is 14.0. The molecule has 0 radical (unpaired) electrons. The Morgan fingerprint density at radius 3 is 1.30 bits per heavy atom. The third-order valence-corrected chi connectivity index (χ3v) is 6.77. The number of hydrogen-bond acceptors (Lipinski definition) is 2. The van der Waals surface area contributed by atoms with Crippen LogP contribution in [0.2, 0.25) is 0 Å². The van der Waals surface area contributed by atoms with Crippen molar-refractivity contribution in [3.63, 3.8) is 0 Å². The maximum Gasteiger partial charge on any atom is 0.0639 e. The monoisotopic (exact) mass is 594 g/mol. The fourth-order valence-electron chi connectivity index (χ4n) is 4.55. The van der Waals surface area contributed by atoms with E-state index in [2.05, 4.69) is 71.0 Å². The van der Waals surface area contributed by atoms with Gasteiger partial charge in [-0.05, 0) is 111 Å². The van der Waals surface area contributed by atoms with E-state index >= 15 is 0 Å². The van der Waals surface area contributed by atoms with Crippen LogP contribution in [0.25, 0.3) is 0 Å². The van der Waals surface area contributed by atoms with E-state index in [4.69, 9.17) is 9.98 Å². The summed E-state index contributed by atoms with van der Waals surface area (Å²) in [7, 11) is 0. The van der Waals surface area contributed by atoms with Gasteiger partial charge in [0.25, 0.3) is 0 Å². The summed E-state index contributed by atoms with van der Waals surface area (Å²) in [5.41, 5.74) is 9.00. The molecule has 37 heavy (non-hydrogen) atoms. The Morgan fingerprint density at radius 1 is 0.541 bits per heavy atom. The Hall–Kier alpha value is -1.56. The fraction of sp³-hybridized carbons (Fsp3) is 0.588. The first-order chi connectivity index (χ1) is 17.6. The van der Waals surface area contributed by atoms with Crippen LogP contribution in [0, 0.1) is 0 Å². The van der Waals surface area contributed by atoms with E-state index in [9.17, 15) is 0 Å². The summed E-state index contributed by atoms with van der Waals surface area (Å²) in [6.45, 7) is 11.3. The molecule has 0 atom stereocenters. The number of aliphatic imine (C=N–C) groups is 2. The molecule has 0 aliphatic rings. The van der Waals surface area contributed by atoms with Crippen molar-refractivity contribution in [1.29, 1.82) is 0 Å². The van der Waals surface area contributed by atoms with Crippen molar-refractivity contribution in [1.82, 2.24) is 0 Å². The summed E-state index contributed by atoms with van der Waals surface area (Å²) in [5, 5.41) is 0. The molecule has 2 aromatic rings. The first-order valence-corrected chi connectivity index (χ1v) is 15.0. The molecule has 0 saturated heterocycles. The van der Waals surface area contributed by atoms with Crippen molar-refractivity contribution >= 4 is 23.3 Å². The van der Waals surface area contributed by atoms with Crippen molar-refractivity contribution in [2.75, 3.05) is 0 Å². The van der Waals surface area contributed by atoms with Gasteiger partial charge in [0.1, 0.15) is 0 Å². The van der Waals surface area contributed by atoms with Gasteiger partial charge in [-0.2, -0.15) is 0 Å². The first kappa shape index (κ1) is 33.5. The second kappa shape index (κ2) is 20.4. The quantitative estimate of drug-likeness (QED) is 0.121. The first-order valence-electron chi connectivity index (χ1n) is 15.0. The molecule has 0 aliphatic heterocycles. The number of unbranched alkanes of at least 4 members (excludes halogenated alkanes) is 5. The maximum absolute atomic E-state index is 5.16. The summed E-state index contributed by atoms with van der Waals surface area (Å²) >= 11 is 0. The standard InChI is InChI=1S/C34H52N2.Pd/c1-6-11-16-28-21-29(17-12-7-2)24-33(23-28)35-27-32(20-15-10-5)36-34-25-30(18-13-8-3)22-31(26-34)19-14-9-4;/h21-27H,6-20H2,1-5H3;/b35-27+,36-32+;. The van der Waals surface area contributed by atoms with Crippen LogP contribution in [-0.4, -0.2) is 11.9 Å². The van der Waals surface area contributed by atoms with Gasteiger partial charge in [0, 0.05) is 26.6 Å². The molecule has 0 aliphatic carbocycles. The van der Waals surface area contributed by atoms with Gasteiger partial charge in [0.05, 0.1) is 17.1 Å². The van der Waals surface area contributed by atoms with Gasteiger partial charge < -0.3 is 0 Å². The molecule has 0 saturated carbocycles. The zero-order chi connectivity index (χ0) is 26.0. The van der Waals surface area contributed by atoms with E-state index < -0.39 is 0 Å². The van der Waals surface area contributed by atoms with Crippen LogP contribution in [0.15, 0.2) is 46.4 Å². The molecule has 3 heteroatoms. The van der Waals surface area contributed by atoms with Crippen LogP contribution in [0.1, 0.15) is 128 Å². The van der Waals surface area contributed by atoms with Crippen molar-refractivity contribution < 1.29 is 20.4 Å². The number of rotatable bonds is 18. The average molecular weight is 595 g/mol. The molecular formula is C34H52N2Pd. The van der Waals surface area contributed by atoms with Crippen molar-refractivity contribution in [3.8, 4) is 0 Å². The van der Waals surface area contributed by atoms with Crippen molar-refractivity contribution in [2.45, 2.75) is 131 Å². The molecule has 2 aromatic carbocycles. The molecule has 0 bridgehead atoms. The van der Waals surface area contributed by atoms with E-state index in [1.807, 2.05) is 6.21 Å². The Morgan fingerprint density at radius 2 is 0.919 bits per heavy atom. The Kier molecular flexibility index (Phi) is 18.5. The zero-order valence-corrected chi connectivity index (χ0v) is 25.9. The summed E-state index contributed by atoms with van der Waals surface area (Å²) in [5.74, 6) is 0. The minimum Gasteiger partial charge on any atom is -0.255 e. The van der Waals surface area contributed by atoms with Crippen molar-refractivity contribution in [3.05, 3.63) is 58.7 Å². The Labute approximate surface area is 242 Å². The SMILES string of the molecule is CCCCC(/C=N/c1cc(CCCC)cc(CCCC)c1)=N\c1cc(CCCC)cc(CCCC)c1.[Pd]. The number of benzene rings is 2. The second-order valence-corrected chi connectivity index (χ2v) is 10.4. The average Bonchev–Trinajstić information content (AvgIpc) is 2.89. The van der Waals surface area contributed by atoms with Gasteiger partial charge in [-0.3, -0.25) is 9.98 Å². The Bertz CT molecular complexity index is 892. The normalized spacial score (nSPS) is 11.8. The van der Waals surface area contributed by atoms with Crippen LogP contribution in [0.4, 0.5) is 11.4 Å². The smallest absolute Gasteiger partial charge is 0.0639 e. The molecule has 0 heterocycles. The van der Waals surface area contributed by atoms with Gasteiger partial charge in [-0.1, -0.05) is 78.9 Å².